The van der Waals surface area contributed by atoms with Gasteiger partial charge in [0.2, 0.25) is 5.91 Å². The number of fused-ring (bicyclic) bond motifs is 1. The first-order valence-corrected chi connectivity index (χ1v) is 6.83. The van der Waals surface area contributed by atoms with E-state index in [-0.39, 0.29) is 18.1 Å². The van der Waals surface area contributed by atoms with Crippen molar-refractivity contribution < 1.29 is 14.6 Å². The molecule has 0 aromatic heterocycles. The van der Waals surface area contributed by atoms with Gasteiger partial charge in [-0.2, -0.15) is 0 Å². The molecular weight excluding hydrogens is 256 g/mol. The summed E-state index contributed by atoms with van der Waals surface area (Å²) in [4.78, 5) is 11.4. The number of benzene rings is 1. The second-order valence-electron chi connectivity index (χ2n) is 6.10. The standard InChI is InChI=1S/C15H22N2O3/c1-15(2,3)16-8-10(18)9-20-13-6-4-5-12-11(13)7-14(19)17-12/h4-6,10,16,18H,7-9H2,1-3H3,(H,17,19). The van der Waals surface area contributed by atoms with Gasteiger partial charge >= 0.3 is 0 Å². The zero-order chi connectivity index (χ0) is 14.8. The third kappa shape index (κ3) is 3.95. The molecule has 0 aliphatic carbocycles. The molecule has 0 saturated heterocycles. The molecule has 1 aromatic carbocycles. The number of ether oxygens (including phenoxy) is 1. The Morgan fingerprint density at radius 2 is 2.20 bits per heavy atom. The summed E-state index contributed by atoms with van der Waals surface area (Å²) in [6, 6.07) is 5.51. The number of carbonyl (C=O) groups is 1. The van der Waals surface area contributed by atoms with Gasteiger partial charge in [0.1, 0.15) is 18.5 Å². The zero-order valence-electron chi connectivity index (χ0n) is 12.2. The topological polar surface area (TPSA) is 70.6 Å². The van der Waals surface area contributed by atoms with Gasteiger partial charge < -0.3 is 20.5 Å². The van der Waals surface area contributed by atoms with Gasteiger partial charge in [-0.25, -0.2) is 0 Å². The average Bonchev–Trinajstić information content (AvgIpc) is 2.73. The molecule has 0 fully saturated rings. The van der Waals surface area contributed by atoms with E-state index in [4.69, 9.17) is 4.74 Å². The summed E-state index contributed by atoms with van der Waals surface area (Å²) in [6.07, 6.45) is -0.253. The molecule has 1 heterocycles. The molecule has 1 amide bonds. The largest absolute Gasteiger partial charge is 0.490 e. The molecule has 1 atom stereocenters. The molecule has 1 aromatic rings. The first kappa shape index (κ1) is 14.8. The maximum Gasteiger partial charge on any atom is 0.229 e. The quantitative estimate of drug-likeness (QED) is 0.759. The lowest BCUT2D eigenvalue weighted by atomic mass is 10.1. The van der Waals surface area contributed by atoms with Crippen LogP contribution in [0.5, 0.6) is 5.75 Å². The summed E-state index contributed by atoms with van der Waals surface area (Å²) >= 11 is 0. The first-order chi connectivity index (χ1) is 9.35. The van der Waals surface area contributed by atoms with E-state index in [1.807, 2.05) is 39.0 Å². The summed E-state index contributed by atoms with van der Waals surface area (Å²) in [7, 11) is 0. The maximum absolute atomic E-state index is 11.4. The van der Waals surface area contributed by atoms with Crippen LogP contribution < -0.4 is 15.4 Å². The second kappa shape index (κ2) is 5.81. The summed E-state index contributed by atoms with van der Waals surface area (Å²) in [5.74, 6) is 0.640. The Balaban J connectivity index is 1.89. The molecule has 1 aliphatic heterocycles. The van der Waals surface area contributed by atoms with E-state index in [1.54, 1.807) is 0 Å². The summed E-state index contributed by atoms with van der Waals surface area (Å²) in [5, 5.41) is 15.9. The predicted molar refractivity (Wildman–Crippen MR) is 78.0 cm³/mol. The minimum absolute atomic E-state index is 0.0222. The van der Waals surface area contributed by atoms with Crippen LogP contribution in [-0.2, 0) is 11.2 Å². The molecule has 0 radical (unpaired) electrons. The predicted octanol–water partition coefficient (Wildman–Crippen LogP) is 1.31. The van der Waals surface area contributed by atoms with Gasteiger partial charge in [0.05, 0.1) is 6.42 Å². The van der Waals surface area contributed by atoms with Crippen molar-refractivity contribution in [3.8, 4) is 5.75 Å². The molecule has 5 heteroatoms. The van der Waals surface area contributed by atoms with E-state index < -0.39 is 6.10 Å². The van der Waals surface area contributed by atoms with Crippen LogP contribution in [0.1, 0.15) is 26.3 Å². The molecule has 0 saturated carbocycles. The number of aliphatic hydroxyl groups is 1. The Morgan fingerprint density at radius 3 is 2.90 bits per heavy atom. The molecule has 5 nitrogen and oxygen atoms in total. The number of aliphatic hydroxyl groups excluding tert-OH is 1. The third-order valence-corrected chi connectivity index (χ3v) is 3.04. The van der Waals surface area contributed by atoms with Crippen molar-refractivity contribution >= 4 is 11.6 Å². The monoisotopic (exact) mass is 278 g/mol. The van der Waals surface area contributed by atoms with Crippen LogP contribution in [0, 0.1) is 0 Å². The van der Waals surface area contributed by atoms with Crippen molar-refractivity contribution in [2.45, 2.75) is 38.8 Å². The number of hydrogen-bond acceptors (Lipinski definition) is 4. The van der Waals surface area contributed by atoms with Crippen LogP contribution in [0.2, 0.25) is 0 Å². The van der Waals surface area contributed by atoms with E-state index in [0.29, 0.717) is 18.7 Å². The molecule has 3 N–H and O–H groups in total. The van der Waals surface area contributed by atoms with Crippen LogP contribution in [0.3, 0.4) is 0 Å². The van der Waals surface area contributed by atoms with Crippen LogP contribution in [-0.4, -0.2) is 35.8 Å². The van der Waals surface area contributed by atoms with Gasteiger partial charge in [-0.3, -0.25) is 4.79 Å². The summed E-state index contributed by atoms with van der Waals surface area (Å²) in [6.45, 7) is 6.80. The summed E-state index contributed by atoms with van der Waals surface area (Å²) < 4.78 is 5.64. The number of carbonyl (C=O) groups excluding carboxylic acids is 1. The van der Waals surface area contributed by atoms with Crippen molar-refractivity contribution in [3.63, 3.8) is 0 Å². The summed E-state index contributed by atoms with van der Waals surface area (Å²) in [5.41, 5.74) is 1.63. The molecule has 1 unspecified atom stereocenters. The number of rotatable bonds is 5. The molecule has 2 rings (SSSR count). The molecule has 110 valence electrons. The normalized spacial score (nSPS) is 15.7. The number of nitrogens with one attached hydrogen (secondary N) is 2. The van der Waals surface area contributed by atoms with E-state index >= 15 is 0 Å². The SMILES string of the molecule is CC(C)(C)NCC(O)COc1cccc2c1CC(=O)N2. The Labute approximate surface area is 119 Å². The van der Waals surface area contributed by atoms with Gasteiger partial charge in [0, 0.05) is 23.3 Å². The molecular formula is C15H22N2O3. The van der Waals surface area contributed by atoms with Gasteiger partial charge in [-0.1, -0.05) is 6.07 Å². The van der Waals surface area contributed by atoms with Gasteiger partial charge in [-0.15, -0.1) is 0 Å². The molecule has 0 spiro atoms. The van der Waals surface area contributed by atoms with Crippen molar-refractivity contribution in [2.24, 2.45) is 0 Å². The number of β-amino-alcohol motifs (C(OH)–C–C–N with tert-alkyl or cyclic N) is 1. The molecule has 1 aliphatic rings. The maximum atomic E-state index is 11.4. The zero-order valence-corrected chi connectivity index (χ0v) is 12.2. The van der Waals surface area contributed by atoms with Crippen molar-refractivity contribution in [1.29, 1.82) is 0 Å². The van der Waals surface area contributed by atoms with Crippen molar-refractivity contribution in [3.05, 3.63) is 23.8 Å². The fourth-order valence-corrected chi connectivity index (χ4v) is 2.02. The highest BCUT2D eigenvalue weighted by atomic mass is 16.5. The fourth-order valence-electron chi connectivity index (χ4n) is 2.02. The van der Waals surface area contributed by atoms with E-state index in [0.717, 1.165) is 11.3 Å². The van der Waals surface area contributed by atoms with Crippen LogP contribution in [0.4, 0.5) is 5.69 Å². The minimum Gasteiger partial charge on any atom is -0.490 e. The van der Waals surface area contributed by atoms with E-state index in [1.165, 1.54) is 0 Å². The fraction of sp³-hybridized carbons (Fsp3) is 0.533. The van der Waals surface area contributed by atoms with Crippen molar-refractivity contribution in [1.82, 2.24) is 5.32 Å². The van der Waals surface area contributed by atoms with Crippen LogP contribution >= 0.6 is 0 Å². The Morgan fingerprint density at radius 1 is 1.45 bits per heavy atom. The lowest BCUT2D eigenvalue weighted by Crippen LogP contribution is -2.42. The van der Waals surface area contributed by atoms with Gasteiger partial charge in [-0.05, 0) is 32.9 Å². The van der Waals surface area contributed by atoms with Crippen LogP contribution in [0.25, 0.3) is 0 Å². The number of amides is 1. The minimum atomic E-state index is -0.588. The Hall–Kier alpha value is -1.59. The highest BCUT2D eigenvalue weighted by molar-refractivity contribution is 6.00. The molecule has 0 bridgehead atoms. The van der Waals surface area contributed by atoms with E-state index in [2.05, 4.69) is 10.6 Å². The Kier molecular flexibility index (Phi) is 4.30. The molecule has 20 heavy (non-hydrogen) atoms. The second-order valence-corrected chi connectivity index (χ2v) is 6.10. The van der Waals surface area contributed by atoms with Gasteiger partial charge in [0.15, 0.2) is 0 Å². The first-order valence-electron chi connectivity index (χ1n) is 6.83. The smallest absolute Gasteiger partial charge is 0.229 e. The number of anilines is 1. The Bertz CT molecular complexity index is 494. The third-order valence-electron chi connectivity index (χ3n) is 3.04. The average molecular weight is 278 g/mol. The van der Waals surface area contributed by atoms with Crippen LogP contribution in [0.15, 0.2) is 18.2 Å². The lowest BCUT2D eigenvalue weighted by molar-refractivity contribution is -0.115. The number of hydrogen-bond donors (Lipinski definition) is 3. The highest BCUT2D eigenvalue weighted by Gasteiger charge is 2.21. The lowest BCUT2D eigenvalue weighted by Gasteiger charge is -2.23. The van der Waals surface area contributed by atoms with Gasteiger partial charge in [0.25, 0.3) is 0 Å². The van der Waals surface area contributed by atoms with Crippen molar-refractivity contribution in [2.75, 3.05) is 18.5 Å². The van der Waals surface area contributed by atoms with E-state index in [9.17, 15) is 9.90 Å². The highest BCUT2D eigenvalue weighted by Crippen LogP contribution is 2.31.